The van der Waals surface area contributed by atoms with Crippen LogP contribution in [0.3, 0.4) is 0 Å². The molecule has 0 aliphatic carbocycles. The lowest BCUT2D eigenvalue weighted by molar-refractivity contribution is 0.0275. The lowest BCUT2D eigenvalue weighted by Gasteiger charge is -2.20. The van der Waals surface area contributed by atoms with E-state index < -0.39 is 10.3 Å². The molecule has 3 rings (SSSR count). The van der Waals surface area contributed by atoms with E-state index in [1.165, 1.54) is 0 Å². The van der Waals surface area contributed by atoms with Crippen molar-refractivity contribution in [2.24, 2.45) is 11.1 Å². The Morgan fingerprint density at radius 2 is 1.75 bits per heavy atom. The molecular weight excluding hydrogens is 328 g/mol. The first-order chi connectivity index (χ1) is 11.4. The second-order valence-corrected chi connectivity index (χ2v) is 7.08. The summed E-state index contributed by atoms with van der Waals surface area (Å²) in [5.41, 5.74) is 8.54. The number of hydrogen-bond donors (Lipinski definition) is 2. The molecule has 6 nitrogen and oxygen atoms in total. The van der Waals surface area contributed by atoms with E-state index in [-0.39, 0.29) is 24.7 Å². The van der Waals surface area contributed by atoms with E-state index in [0.717, 1.165) is 11.1 Å². The molecule has 7 heteroatoms. The van der Waals surface area contributed by atoms with Crippen LogP contribution in [-0.4, -0.2) is 15.0 Å². The molecule has 1 unspecified atom stereocenters. The van der Waals surface area contributed by atoms with Gasteiger partial charge >= 0.3 is 10.3 Å². The number of benzene rings is 2. The van der Waals surface area contributed by atoms with Crippen molar-refractivity contribution >= 4 is 16.0 Å². The van der Waals surface area contributed by atoms with Gasteiger partial charge in [0.05, 0.1) is 18.8 Å². The predicted octanol–water partition coefficient (Wildman–Crippen LogP) is 2.31. The smallest absolute Gasteiger partial charge is 0.333 e. The van der Waals surface area contributed by atoms with Crippen molar-refractivity contribution in [2.45, 2.75) is 18.6 Å². The van der Waals surface area contributed by atoms with Gasteiger partial charge in [0.2, 0.25) is 0 Å². The molecule has 3 atom stereocenters. The van der Waals surface area contributed by atoms with Crippen LogP contribution in [0.2, 0.25) is 0 Å². The molecule has 0 amide bonds. The lowest BCUT2D eigenvalue weighted by atomic mass is 9.92. The number of anilines is 1. The monoisotopic (exact) mass is 348 g/mol. The number of nitrogens with two attached hydrogens (primary N) is 2. The minimum Gasteiger partial charge on any atom is -0.398 e. The SMILES string of the molecule is Nc1ccccc1[C@@H]1OC(c2ccccc2)C[C@H]1COS(N)(=O)=O. The van der Waals surface area contributed by atoms with Crippen LogP contribution < -0.4 is 10.9 Å². The molecule has 2 aromatic rings. The minimum absolute atomic E-state index is 0.0405. The van der Waals surface area contributed by atoms with E-state index >= 15 is 0 Å². The molecular formula is C17H20N2O4S. The minimum atomic E-state index is -4.00. The summed E-state index contributed by atoms with van der Waals surface area (Å²) in [6, 6.07) is 17.2. The van der Waals surface area contributed by atoms with Gasteiger partial charge in [0.1, 0.15) is 0 Å². The third kappa shape index (κ3) is 3.93. The Kier molecular flexibility index (Phi) is 4.86. The summed E-state index contributed by atoms with van der Waals surface area (Å²) < 4.78 is 33.3. The van der Waals surface area contributed by atoms with Gasteiger partial charge in [-0.15, -0.1) is 0 Å². The van der Waals surface area contributed by atoms with Crippen molar-refractivity contribution in [1.82, 2.24) is 0 Å². The summed E-state index contributed by atoms with van der Waals surface area (Å²) in [5.74, 6) is -0.168. The van der Waals surface area contributed by atoms with Gasteiger partial charge in [0.15, 0.2) is 0 Å². The zero-order chi connectivity index (χ0) is 17.2. The average Bonchev–Trinajstić information content (AvgIpc) is 2.98. The van der Waals surface area contributed by atoms with Gasteiger partial charge in [-0.3, -0.25) is 4.18 Å². The highest BCUT2D eigenvalue weighted by Gasteiger charge is 2.38. The second-order valence-electron chi connectivity index (χ2n) is 5.86. The first kappa shape index (κ1) is 16.9. The van der Waals surface area contributed by atoms with Gasteiger partial charge in [-0.25, -0.2) is 5.14 Å². The van der Waals surface area contributed by atoms with Crippen LogP contribution in [0.5, 0.6) is 0 Å². The van der Waals surface area contributed by atoms with Gasteiger partial charge in [-0.2, -0.15) is 8.42 Å². The molecule has 0 radical (unpaired) electrons. The Bertz CT molecular complexity index is 795. The van der Waals surface area contributed by atoms with Crippen LogP contribution in [0.4, 0.5) is 5.69 Å². The fourth-order valence-corrected chi connectivity index (χ4v) is 3.42. The van der Waals surface area contributed by atoms with Crippen molar-refractivity contribution in [2.75, 3.05) is 12.3 Å². The van der Waals surface area contributed by atoms with Crippen LogP contribution in [0.15, 0.2) is 54.6 Å². The summed E-state index contributed by atoms with van der Waals surface area (Å²) in [5, 5.41) is 4.96. The average molecular weight is 348 g/mol. The third-order valence-corrected chi connectivity index (χ3v) is 4.64. The third-order valence-electron chi connectivity index (χ3n) is 4.18. The van der Waals surface area contributed by atoms with Crippen LogP contribution in [0.1, 0.15) is 29.8 Å². The summed E-state index contributed by atoms with van der Waals surface area (Å²) in [6.07, 6.45) is 0.126. The zero-order valence-corrected chi connectivity index (χ0v) is 13.9. The summed E-state index contributed by atoms with van der Waals surface area (Å²) >= 11 is 0. The summed E-state index contributed by atoms with van der Waals surface area (Å²) in [7, 11) is -4.00. The number of nitrogen functional groups attached to an aromatic ring is 1. The first-order valence-electron chi connectivity index (χ1n) is 7.66. The zero-order valence-electron chi connectivity index (χ0n) is 13.0. The lowest BCUT2D eigenvalue weighted by Crippen LogP contribution is -2.22. The standard InChI is InChI=1S/C17H20N2O4S/c18-15-9-5-4-8-14(15)17-13(11-22-24(19,20)21)10-16(23-17)12-6-2-1-3-7-12/h1-9,13,16-17H,10-11,18H2,(H2,19,20,21)/t13-,16?,17+/m0/s1. The first-order valence-corrected chi connectivity index (χ1v) is 9.13. The summed E-state index contributed by atoms with van der Waals surface area (Å²) in [6.45, 7) is -0.0405. The van der Waals surface area contributed by atoms with Crippen molar-refractivity contribution in [3.63, 3.8) is 0 Å². The molecule has 24 heavy (non-hydrogen) atoms. The molecule has 1 saturated heterocycles. The molecule has 1 aliphatic heterocycles. The molecule has 0 spiro atoms. The maximum absolute atomic E-state index is 11.1. The Balaban J connectivity index is 1.86. The van der Waals surface area contributed by atoms with Crippen LogP contribution >= 0.6 is 0 Å². The van der Waals surface area contributed by atoms with Crippen LogP contribution in [0.25, 0.3) is 0 Å². The second kappa shape index (κ2) is 6.90. The largest absolute Gasteiger partial charge is 0.398 e. The Labute approximate surface area is 141 Å². The van der Waals surface area contributed by atoms with Crippen molar-refractivity contribution in [3.8, 4) is 0 Å². The number of rotatable bonds is 5. The molecule has 0 bridgehead atoms. The molecule has 1 aliphatic rings. The van der Waals surface area contributed by atoms with E-state index in [0.29, 0.717) is 12.1 Å². The highest BCUT2D eigenvalue weighted by molar-refractivity contribution is 7.84. The molecule has 0 saturated carbocycles. The number of para-hydroxylation sites is 1. The molecule has 1 heterocycles. The highest BCUT2D eigenvalue weighted by atomic mass is 32.2. The molecule has 0 aromatic heterocycles. The van der Waals surface area contributed by atoms with Crippen LogP contribution in [-0.2, 0) is 19.2 Å². The molecule has 1 fully saturated rings. The maximum atomic E-state index is 11.1. The normalized spacial score (nSPS) is 24.1. The maximum Gasteiger partial charge on any atom is 0.333 e. The van der Waals surface area contributed by atoms with Gasteiger partial charge in [-0.05, 0) is 18.1 Å². The Morgan fingerprint density at radius 3 is 2.42 bits per heavy atom. The Hall–Kier alpha value is -1.93. The van der Waals surface area contributed by atoms with Gasteiger partial charge in [0, 0.05) is 17.2 Å². The highest BCUT2D eigenvalue weighted by Crippen LogP contribution is 2.46. The van der Waals surface area contributed by atoms with Crippen LogP contribution in [0, 0.1) is 5.92 Å². The quantitative estimate of drug-likeness (QED) is 0.807. The van der Waals surface area contributed by atoms with E-state index in [2.05, 4.69) is 0 Å². The van der Waals surface area contributed by atoms with E-state index in [4.69, 9.17) is 19.8 Å². The Morgan fingerprint density at radius 1 is 1.08 bits per heavy atom. The fourth-order valence-electron chi connectivity index (χ4n) is 3.06. The van der Waals surface area contributed by atoms with Gasteiger partial charge < -0.3 is 10.5 Å². The van der Waals surface area contributed by atoms with E-state index in [1.807, 2.05) is 48.5 Å². The predicted molar refractivity (Wildman–Crippen MR) is 91.0 cm³/mol. The summed E-state index contributed by atoms with van der Waals surface area (Å²) in [4.78, 5) is 0. The van der Waals surface area contributed by atoms with E-state index in [9.17, 15) is 8.42 Å². The van der Waals surface area contributed by atoms with Crippen molar-refractivity contribution in [1.29, 1.82) is 0 Å². The van der Waals surface area contributed by atoms with Gasteiger partial charge in [0.25, 0.3) is 0 Å². The number of ether oxygens (including phenoxy) is 1. The van der Waals surface area contributed by atoms with E-state index in [1.54, 1.807) is 6.07 Å². The fraction of sp³-hybridized carbons (Fsp3) is 0.294. The van der Waals surface area contributed by atoms with Crippen molar-refractivity contribution in [3.05, 3.63) is 65.7 Å². The topological polar surface area (TPSA) is 105 Å². The molecule has 2 aromatic carbocycles. The number of hydrogen-bond acceptors (Lipinski definition) is 5. The van der Waals surface area contributed by atoms with Crippen molar-refractivity contribution < 1.29 is 17.3 Å². The van der Waals surface area contributed by atoms with Gasteiger partial charge in [-0.1, -0.05) is 48.5 Å². The molecule has 128 valence electrons. The molecule has 4 N–H and O–H groups in total.